The van der Waals surface area contributed by atoms with Crippen molar-refractivity contribution in [2.45, 2.75) is 0 Å². The van der Waals surface area contributed by atoms with Crippen molar-refractivity contribution in [2.24, 2.45) is 0 Å². The van der Waals surface area contributed by atoms with Crippen LogP contribution in [0.2, 0.25) is 5.02 Å². The number of aromatic nitrogens is 1. The van der Waals surface area contributed by atoms with Crippen molar-refractivity contribution in [3.8, 4) is 0 Å². The van der Waals surface area contributed by atoms with Gasteiger partial charge >= 0.3 is 6.03 Å². The second-order valence-electron chi connectivity index (χ2n) is 5.64. The van der Waals surface area contributed by atoms with Gasteiger partial charge in [0.05, 0.1) is 0 Å². The fourth-order valence-corrected chi connectivity index (χ4v) is 2.41. The van der Waals surface area contributed by atoms with Gasteiger partial charge < -0.3 is 10.6 Å². The molecule has 2 N–H and O–H groups in total. The number of amides is 2. The van der Waals surface area contributed by atoms with Crippen molar-refractivity contribution in [3.63, 3.8) is 0 Å². The van der Waals surface area contributed by atoms with Crippen LogP contribution in [-0.2, 0) is 0 Å². The maximum Gasteiger partial charge on any atom is 0.323 e. The summed E-state index contributed by atoms with van der Waals surface area (Å²) in [6.07, 6.45) is 6.57. The Morgan fingerprint density at radius 3 is 1.96 bits per heavy atom. The van der Waals surface area contributed by atoms with E-state index >= 15 is 0 Å². The molecule has 0 aliphatic rings. The van der Waals surface area contributed by atoms with E-state index in [4.69, 9.17) is 11.6 Å². The third kappa shape index (κ3) is 5.52. The van der Waals surface area contributed by atoms with Gasteiger partial charge in [0, 0.05) is 34.4 Å². The van der Waals surface area contributed by atoms with E-state index in [1.54, 1.807) is 67.0 Å². The molecule has 1 aromatic heterocycles. The monoisotopic (exact) mass is 377 g/mol. The summed E-state index contributed by atoms with van der Waals surface area (Å²) in [5, 5.41) is 6.01. The Balaban J connectivity index is 1.58. The van der Waals surface area contributed by atoms with Crippen LogP contribution < -0.4 is 10.6 Å². The minimum Gasteiger partial charge on any atom is -0.308 e. The van der Waals surface area contributed by atoms with Gasteiger partial charge in [-0.25, -0.2) is 4.79 Å². The van der Waals surface area contributed by atoms with Gasteiger partial charge in [-0.1, -0.05) is 17.7 Å². The molecule has 0 bridgehead atoms. The summed E-state index contributed by atoms with van der Waals surface area (Å²) < 4.78 is 0. The first kappa shape index (κ1) is 18.4. The highest BCUT2D eigenvalue weighted by molar-refractivity contribution is 6.30. The first-order valence-electron chi connectivity index (χ1n) is 8.16. The summed E-state index contributed by atoms with van der Waals surface area (Å²) in [6.45, 7) is 0. The van der Waals surface area contributed by atoms with Crippen LogP contribution in [0.25, 0.3) is 6.08 Å². The van der Waals surface area contributed by atoms with Crippen LogP contribution in [0.5, 0.6) is 0 Å². The summed E-state index contributed by atoms with van der Waals surface area (Å²) >= 11 is 5.81. The molecule has 0 atom stereocenters. The summed E-state index contributed by atoms with van der Waals surface area (Å²) in [4.78, 5) is 28.1. The molecule has 3 aromatic rings. The molecule has 0 unspecified atom stereocenters. The number of carbonyl (C=O) groups is 2. The van der Waals surface area contributed by atoms with Crippen LogP contribution in [0.15, 0.2) is 79.1 Å². The van der Waals surface area contributed by atoms with Crippen LogP contribution in [0.4, 0.5) is 16.2 Å². The van der Waals surface area contributed by atoms with E-state index in [-0.39, 0.29) is 11.8 Å². The molecule has 0 spiro atoms. The number of anilines is 2. The van der Waals surface area contributed by atoms with Crippen molar-refractivity contribution < 1.29 is 9.59 Å². The zero-order valence-electron chi connectivity index (χ0n) is 14.2. The highest BCUT2D eigenvalue weighted by Gasteiger charge is 2.05. The number of pyridine rings is 1. The number of halogens is 1. The number of hydrogen-bond donors (Lipinski definition) is 2. The molecule has 0 aliphatic heterocycles. The van der Waals surface area contributed by atoms with E-state index in [1.807, 2.05) is 12.1 Å². The zero-order valence-corrected chi connectivity index (χ0v) is 15.0. The SMILES string of the molecule is O=C(Nc1ccc(Cl)cc1)Nc1ccc(C(=O)/C=C/c2ccncc2)cc1. The lowest BCUT2D eigenvalue weighted by Crippen LogP contribution is -2.19. The Labute approximate surface area is 161 Å². The lowest BCUT2D eigenvalue weighted by atomic mass is 10.1. The second-order valence-corrected chi connectivity index (χ2v) is 6.08. The lowest BCUT2D eigenvalue weighted by molar-refractivity contribution is 0.104. The normalized spacial score (nSPS) is 10.6. The van der Waals surface area contributed by atoms with E-state index in [9.17, 15) is 9.59 Å². The minimum absolute atomic E-state index is 0.121. The maximum atomic E-state index is 12.2. The number of rotatable bonds is 5. The molecule has 2 amide bonds. The highest BCUT2D eigenvalue weighted by Crippen LogP contribution is 2.15. The van der Waals surface area contributed by atoms with Gasteiger partial charge in [0.1, 0.15) is 0 Å². The maximum absolute atomic E-state index is 12.2. The van der Waals surface area contributed by atoms with Crippen molar-refractivity contribution in [3.05, 3.63) is 95.3 Å². The molecule has 0 saturated carbocycles. The number of benzene rings is 2. The smallest absolute Gasteiger partial charge is 0.308 e. The molecule has 2 aromatic carbocycles. The third-order valence-electron chi connectivity index (χ3n) is 3.66. The molecule has 0 radical (unpaired) electrons. The van der Waals surface area contributed by atoms with E-state index in [1.165, 1.54) is 6.08 Å². The Morgan fingerprint density at radius 2 is 1.37 bits per heavy atom. The minimum atomic E-state index is -0.381. The molecule has 5 nitrogen and oxygen atoms in total. The molecule has 27 heavy (non-hydrogen) atoms. The Bertz CT molecular complexity index is 953. The molecular weight excluding hydrogens is 362 g/mol. The number of nitrogens with one attached hydrogen (secondary N) is 2. The van der Waals surface area contributed by atoms with Gasteiger partial charge in [-0.05, 0) is 72.3 Å². The molecular formula is C21H16ClN3O2. The van der Waals surface area contributed by atoms with Gasteiger partial charge in [0.2, 0.25) is 0 Å². The number of allylic oxidation sites excluding steroid dienone is 1. The standard InChI is InChI=1S/C21H16ClN3O2/c22-17-4-8-19(9-5-17)25-21(27)24-18-6-2-16(3-7-18)20(26)10-1-15-11-13-23-14-12-15/h1-14H,(H2,24,25,27)/b10-1+. The van der Waals surface area contributed by atoms with Crippen molar-refractivity contribution in [1.82, 2.24) is 4.98 Å². The number of hydrogen-bond acceptors (Lipinski definition) is 3. The van der Waals surface area contributed by atoms with E-state index < -0.39 is 0 Å². The zero-order chi connectivity index (χ0) is 19.1. The van der Waals surface area contributed by atoms with Crippen LogP contribution >= 0.6 is 11.6 Å². The van der Waals surface area contributed by atoms with E-state index in [0.717, 1.165) is 5.56 Å². The van der Waals surface area contributed by atoms with E-state index in [0.29, 0.717) is 22.0 Å². The van der Waals surface area contributed by atoms with Gasteiger partial charge in [-0.3, -0.25) is 9.78 Å². The summed E-state index contributed by atoms with van der Waals surface area (Å²) in [6, 6.07) is 16.7. The van der Waals surface area contributed by atoms with Crippen LogP contribution in [0.3, 0.4) is 0 Å². The molecule has 134 valence electrons. The van der Waals surface area contributed by atoms with Crippen molar-refractivity contribution in [2.75, 3.05) is 10.6 Å². The van der Waals surface area contributed by atoms with Gasteiger partial charge in [-0.2, -0.15) is 0 Å². The predicted molar refractivity (Wildman–Crippen MR) is 108 cm³/mol. The predicted octanol–water partition coefficient (Wildman–Crippen LogP) is 5.28. The number of urea groups is 1. The Kier molecular flexibility index (Phi) is 5.97. The van der Waals surface area contributed by atoms with Gasteiger partial charge in [0.25, 0.3) is 0 Å². The summed E-state index contributed by atoms with van der Waals surface area (Å²) in [7, 11) is 0. The molecule has 0 aliphatic carbocycles. The summed E-state index contributed by atoms with van der Waals surface area (Å²) in [5.41, 5.74) is 2.64. The first-order valence-corrected chi connectivity index (χ1v) is 8.54. The average molecular weight is 378 g/mol. The fraction of sp³-hybridized carbons (Fsp3) is 0. The lowest BCUT2D eigenvalue weighted by Gasteiger charge is -2.08. The molecule has 0 saturated heterocycles. The molecule has 1 heterocycles. The highest BCUT2D eigenvalue weighted by atomic mass is 35.5. The van der Waals surface area contributed by atoms with Crippen molar-refractivity contribution in [1.29, 1.82) is 0 Å². The molecule has 3 rings (SSSR count). The van der Waals surface area contributed by atoms with Gasteiger partial charge in [-0.15, -0.1) is 0 Å². The first-order chi connectivity index (χ1) is 13.1. The van der Waals surface area contributed by atoms with Crippen molar-refractivity contribution >= 4 is 40.9 Å². The largest absolute Gasteiger partial charge is 0.323 e. The van der Waals surface area contributed by atoms with Gasteiger partial charge in [0.15, 0.2) is 5.78 Å². The van der Waals surface area contributed by atoms with Crippen LogP contribution in [0.1, 0.15) is 15.9 Å². The third-order valence-corrected chi connectivity index (χ3v) is 3.91. The summed E-state index contributed by atoms with van der Waals surface area (Å²) in [5.74, 6) is -0.121. The number of nitrogens with zero attached hydrogens (tertiary/aromatic N) is 1. The quantitative estimate of drug-likeness (QED) is 0.469. The second kappa shape index (κ2) is 8.78. The van der Waals surface area contributed by atoms with E-state index in [2.05, 4.69) is 15.6 Å². The number of carbonyl (C=O) groups excluding carboxylic acids is 2. The van der Waals surface area contributed by atoms with Crippen LogP contribution in [0, 0.1) is 0 Å². The average Bonchev–Trinajstić information content (AvgIpc) is 2.69. The van der Waals surface area contributed by atoms with Crippen LogP contribution in [-0.4, -0.2) is 16.8 Å². The molecule has 0 fully saturated rings. The molecule has 6 heteroatoms. The fourth-order valence-electron chi connectivity index (χ4n) is 2.29. The number of ketones is 1. The topological polar surface area (TPSA) is 71.1 Å². The Hall–Kier alpha value is -3.44. The Morgan fingerprint density at radius 1 is 0.815 bits per heavy atom.